The van der Waals surface area contributed by atoms with Gasteiger partial charge in [0.1, 0.15) is 0 Å². The van der Waals surface area contributed by atoms with Gasteiger partial charge in [0.2, 0.25) is 0 Å². The summed E-state index contributed by atoms with van der Waals surface area (Å²) in [6.07, 6.45) is 26.9. The first-order chi connectivity index (χ1) is 18.2. The first-order valence-electron chi connectivity index (χ1n) is 16.8. The van der Waals surface area contributed by atoms with E-state index in [0.29, 0.717) is 23.0 Å². The molecule has 5 aliphatic carbocycles. The minimum Gasteiger partial charge on any atom is -0.295 e. The normalized spacial score (nSPS) is 41.8. The highest BCUT2D eigenvalue weighted by molar-refractivity contribution is 5.95. The van der Waals surface area contributed by atoms with Crippen molar-refractivity contribution in [2.24, 2.45) is 64.6 Å². The van der Waals surface area contributed by atoms with E-state index < -0.39 is 0 Å². The van der Waals surface area contributed by atoms with E-state index in [1.165, 1.54) is 75.4 Å². The first kappa shape index (κ1) is 28.4. The van der Waals surface area contributed by atoms with Gasteiger partial charge in [0.15, 0.2) is 5.78 Å². The molecule has 0 aromatic carbocycles. The topological polar surface area (TPSA) is 17.1 Å². The Hall–Kier alpha value is -1.11. The van der Waals surface area contributed by atoms with E-state index in [-0.39, 0.29) is 5.92 Å². The van der Waals surface area contributed by atoms with Crippen LogP contribution in [0.1, 0.15) is 125 Å². The van der Waals surface area contributed by atoms with Gasteiger partial charge in [-0.1, -0.05) is 78.2 Å². The van der Waals surface area contributed by atoms with Crippen molar-refractivity contribution < 1.29 is 4.79 Å². The number of hydrogen-bond acceptors (Lipinski definition) is 1. The van der Waals surface area contributed by atoms with Crippen molar-refractivity contribution in [2.75, 3.05) is 0 Å². The number of rotatable bonds is 8. The molecule has 8 unspecified atom stereocenters. The summed E-state index contributed by atoms with van der Waals surface area (Å²) in [6, 6.07) is 0. The third-order valence-electron chi connectivity index (χ3n) is 12.9. The highest BCUT2D eigenvalue weighted by Gasteiger charge is 2.46. The second kappa shape index (κ2) is 11.8. The maximum Gasteiger partial charge on any atom is 0.159 e. The van der Waals surface area contributed by atoms with Crippen molar-refractivity contribution >= 4 is 5.78 Å². The lowest BCUT2D eigenvalue weighted by atomic mass is 9.59. The summed E-state index contributed by atoms with van der Waals surface area (Å²) in [5.41, 5.74) is 3.43. The third-order valence-corrected chi connectivity index (χ3v) is 12.9. The molecule has 0 spiro atoms. The minimum atomic E-state index is 0.216. The van der Waals surface area contributed by atoms with Gasteiger partial charge in [0, 0.05) is 11.8 Å². The van der Waals surface area contributed by atoms with Gasteiger partial charge in [-0.2, -0.15) is 0 Å². The molecule has 8 atom stereocenters. The smallest absolute Gasteiger partial charge is 0.159 e. The van der Waals surface area contributed by atoms with E-state index in [1.54, 1.807) is 0 Å². The van der Waals surface area contributed by atoms with Crippen molar-refractivity contribution in [2.45, 2.75) is 125 Å². The van der Waals surface area contributed by atoms with Crippen molar-refractivity contribution in [3.05, 3.63) is 35.5 Å². The summed E-state index contributed by atoms with van der Waals surface area (Å²) in [7, 11) is 0. The molecule has 0 radical (unpaired) electrons. The number of carbonyl (C=O) groups is 1. The number of carbonyl (C=O) groups excluding carboxylic acids is 1. The molecular weight excluding hydrogens is 460 g/mol. The molecule has 0 aliphatic heterocycles. The molecular formula is C37H58O. The van der Waals surface area contributed by atoms with Crippen LogP contribution in [-0.4, -0.2) is 5.78 Å². The molecule has 38 heavy (non-hydrogen) atoms. The Balaban J connectivity index is 1.18. The van der Waals surface area contributed by atoms with E-state index in [0.717, 1.165) is 60.7 Å². The van der Waals surface area contributed by atoms with Gasteiger partial charge < -0.3 is 0 Å². The Labute approximate surface area is 235 Å². The number of ketones is 1. The standard InChI is InChI=1S/C37H58O/c1-7-35(31-14-15-31)37(6)19-17-30(18-20-37)32-16-13-28(21-24(2)25(32)3)22-34-27(5)33(23-36(34)38)26(4)29-11-9-8-10-12-29/h9,11-12,23-28,30-32,34-35H,7-8,10,13-22H2,1-6H3. The Morgan fingerprint density at radius 2 is 1.74 bits per heavy atom. The molecule has 0 bridgehead atoms. The Morgan fingerprint density at radius 3 is 2.37 bits per heavy atom. The monoisotopic (exact) mass is 518 g/mol. The predicted molar refractivity (Wildman–Crippen MR) is 162 cm³/mol. The van der Waals surface area contributed by atoms with E-state index in [9.17, 15) is 4.79 Å². The van der Waals surface area contributed by atoms with Crippen molar-refractivity contribution in [3.8, 4) is 0 Å². The summed E-state index contributed by atoms with van der Waals surface area (Å²) in [5.74, 6) is 7.63. The lowest BCUT2D eigenvalue weighted by Gasteiger charge is -2.46. The Bertz CT molecular complexity index is 922. The molecule has 1 heteroatoms. The molecule has 0 heterocycles. The van der Waals surface area contributed by atoms with Gasteiger partial charge in [-0.25, -0.2) is 0 Å². The average molecular weight is 519 g/mol. The summed E-state index contributed by atoms with van der Waals surface area (Å²) >= 11 is 0. The number of allylic oxidation sites excluding steroid dienone is 6. The van der Waals surface area contributed by atoms with E-state index in [1.807, 2.05) is 0 Å². The van der Waals surface area contributed by atoms with Crippen molar-refractivity contribution in [1.29, 1.82) is 0 Å². The zero-order valence-corrected chi connectivity index (χ0v) is 25.7. The van der Waals surface area contributed by atoms with Gasteiger partial charge >= 0.3 is 0 Å². The Kier molecular flexibility index (Phi) is 8.81. The van der Waals surface area contributed by atoms with Crippen LogP contribution in [0.5, 0.6) is 0 Å². The summed E-state index contributed by atoms with van der Waals surface area (Å²) < 4.78 is 0. The highest BCUT2D eigenvalue weighted by Crippen LogP contribution is 2.56. The lowest BCUT2D eigenvalue weighted by Crippen LogP contribution is -2.36. The fourth-order valence-electron chi connectivity index (χ4n) is 10.1. The van der Waals surface area contributed by atoms with Crippen molar-refractivity contribution in [1.82, 2.24) is 0 Å². The van der Waals surface area contributed by atoms with Crippen LogP contribution in [0.3, 0.4) is 0 Å². The van der Waals surface area contributed by atoms with Crippen LogP contribution in [0.25, 0.3) is 0 Å². The van der Waals surface area contributed by atoms with Gasteiger partial charge in [-0.05, 0) is 135 Å². The second-order valence-electron chi connectivity index (χ2n) is 15.1. The molecule has 5 aliphatic rings. The highest BCUT2D eigenvalue weighted by atomic mass is 16.1. The maximum absolute atomic E-state index is 13.3. The van der Waals surface area contributed by atoms with Crippen LogP contribution in [0.15, 0.2) is 35.5 Å². The van der Waals surface area contributed by atoms with Crippen LogP contribution in [0, 0.1) is 64.6 Å². The molecule has 3 saturated carbocycles. The molecule has 0 N–H and O–H groups in total. The zero-order valence-electron chi connectivity index (χ0n) is 25.7. The lowest BCUT2D eigenvalue weighted by molar-refractivity contribution is -0.118. The molecule has 0 amide bonds. The molecule has 3 fully saturated rings. The fourth-order valence-corrected chi connectivity index (χ4v) is 10.1. The molecule has 0 aromatic heterocycles. The largest absolute Gasteiger partial charge is 0.295 e. The maximum atomic E-state index is 13.3. The summed E-state index contributed by atoms with van der Waals surface area (Å²) in [5, 5.41) is 0. The predicted octanol–water partition coefficient (Wildman–Crippen LogP) is 10.4. The molecule has 212 valence electrons. The van der Waals surface area contributed by atoms with Crippen LogP contribution in [-0.2, 0) is 4.79 Å². The third kappa shape index (κ3) is 5.83. The van der Waals surface area contributed by atoms with Gasteiger partial charge in [0.05, 0.1) is 0 Å². The minimum absolute atomic E-state index is 0.216. The molecule has 1 nitrogen and oxygen atoms in total. The van der Waals surface area contributed by atoms with Crippen LogP contribution >= 0.6 is 0 Å². The second-order valence-corrected chi connectivity index (χ2v) is 15.1. The van der Waals surface area contributed by atoms with E-state index in [2.05, 4.69) is 65.8 Å². The average Bonchev–Trinajstić information content (AvgIpc) is 3.72. The van der Waals surface area contributed by atoms with E-state index >= 15 is 0 Å². The molecule has 0 saturated heterocycles. The van der Waals surface area contributed by atoms with Gasteiger partial charge in [-0.15, -0.1) is 0 Å². The summed E-state index contributed by atoms with van der Waals surface area (Å²) in [6.45, 7) is 14.9. The molecule has 0 aromatic rings. The quantitative estimate of drug-likeness (QED) is 0.292. The Morgan fingerprint density at radius 1 is 1.00 bits per heavy atom. The van der Waals surface area contributed by atoms with Crippen LogP contribution in [0.2, 0.25) is 0 Å². The fraction of sp³-hybridized carbons (Fsp3) is 0.811. The van der Waals surface area contributed by atoms with Crippen molar-refractivity contribution in [3.63, 3.8) is 0 Å². The van der Waals surface area contributed by atoms with Crippen LogP contribution < -0.4 is 0 Å². The van der Waals surface area contributed by atoms with E-state index in [4.69, 9.17) is 0 Å². The zero-order chi connectivity index (χ0) is 27.0. The SMILES string of the molecule is CCC(C1CC1)C1(C)CCC(C2CCC(CC3C(=O)C=C(C(C)C4=CCCC=C4)C3C)CC(C)C2C)CC1. The number of hydrogen-bond donors (Lipinski definition) is 0. The van der Waals surface area contributed by atoms with Gasteiger partial charge in [0.25, 0.3) is 0 Å². The first-order valence-corrected chi connectivity index (χ1v) is 16.8. The molecule has 5 rings (SSSR count). The summed E-state index contributed by atoms with van der Waals surface area (Å²) in [4.78, 5) is 13.3. The van der Waals surface area contributed by atoms with Crippen LogP contribution in [0.4, 0.5) is 0 Å². The van der Waals surface area contributed by atoms with Gasteiger partial charge in [-0.3, -0.25) is 4.79 Å².